The molecule has 27 heavy (non-hydrogen) atoms. The van der Waals surface area contributed by atoms with E-state index in [9.17, 15) is 14.9 Å². The van der Waals surface area contributed by atoms with Crippen molar-refractivity contribution in [2.75, 3.05) is 25.0 Å². The first-order chi connectivity index (χ1) is 12.9. The van der Waals surface area contributed by atoms with Crippen molar-refractivity contribution in [2.24, 2.45) is 0 Å². The number of carbonyl (C=O) groups is 1. The number of amides is 1. The molecule has 140 valence electrons. The first-order valence-electron chi connectivity index (χ1n) is 8.93. The van der Waals surface area contributed by atoms with Gasteiger partial charge >= 0.3 is 0 Å². The molecule has 6 nitrogen and oxygen atoms in total. The van der Waals surface area contributed by atoms with Crippen molar-refractivity contribution in [1.29, 1.82) is 0 Å². The third-order valence-electron chi connectivity index (χ3n) is 5.56. The highest BCUT2D eigenvalue weighted by molar-refractivity contribution is 6.34. The maximum absolute atomic E-state index is 13.4. The number of likely N-dealkylation sites (N-methyl/N-ethyl adjacent to an activating group) is 1. The van der Waals surface area contributed by atoms with Crippen LogP contribution in [0.4, 0.5) is 11.4 Å². The zero-order valence-electron chi connectivity index (χ0n) is 15.2. The summed E-state index contributed by atoms with van der Waals surface area (Å²) in [7, 11) is 2.09. The van der Waals surface area contributed by atoms with E-state index in [0.717, 1.165) is 30.8 Å². The molecular formula is C20H20ClN3O3. The third kappa shape index (κ3) is 2.99. The number of rotatable bonds is 2. The largest absolute Gasteiger partial charge is 0.306 e. The number of non-ortho nitro benzene ring substituents is 1. The fourth-order valence-electron chi connectivity index (χ4n) is 4.27. The first-order valence-corrected chi connectivity index (χ1v) is 9.31. The summed E-state index contributed by atoms with van der Waals surface area (Å²) in [6.07, 6.45) is 0.854. The molecular weight excluding hydrogens is 366 g/mol. The molecule has 0 saturated carbocycles. The number of hydrogen-bond donors (Lipinski definition) is 0. The van der Waals surface area contributed by atoms with Crippen molar-refractivity contribution >= 4 is 28.9 Å². The third-order valence-corrected chi connectivity index (χ3v) is 5.89. The molecule has 1 amide bonds. The van der Waals surface area contributed by atoms with E-state index in [1.807, 2.05) is 19.1 Å². The maximum atomic E-state index is 13.4. The van der Waals surface area contributed by atoms with Gasteiger partial charge in [-0.05, 0) is 44.6 Å². The highest BCUT2D eigenvalue weighted by Gasteiger charge is 2.44. The Morgan fingerprint density at radius 2 is 2.04 bits per heavy atom. The number of nitro benzene ring substituents is 1. The van der Waals surface area contributed by atoms with Crippen molar-refractivity contribution in [3.63, 3.8) is 0 Å². The van der Waals surface area contributed by atoms with Gasteiger partial charge < -0.3 is 9.80 Å². The van der Waals surface area contributed by atoms with E-state index in [-0.39, 0.29) is 34.1 Å². The van der Waals surface area contributed by atoms with Crippen LogP contribution < -0.4 is 4.90 Å². The smallest absolute Gasteiger partial charge is 0.270 e. The van der Waals surface area contributed by atoms with Gasteiger partial charge in [-0.1, -0.05) is 29.3 Å². The van der Waals surface area contributed by atoms with Crippen molar-refractivity contribution in [1.82, 2.24) is 4.90 Å². The van der Waals surface area contributed by atoms with Gasteiger partial charge in [0.2, 0.25) is 0 Å². The summed E-state index contributed by atoms with van der Waals surface area (Å²) < 4.78 is 0. The minimum Gasteiger partial charge on any atom is -0.306 e. The van der Waals surface area contributed by atoms with Crippen LogP contribution in [0.3, 0.4) is 0 Å². The molecule has 2 atom stereocenters. The maximum Gasteiger partial charge on any atom is 0.270 e. The van der Waals surface area contributed by atoms with Crippen LogP contribution in [0.2, 0.25) is 5.02 Å². The Labute approximate surface area is 162 Å². The van der Waals surface area contributed by atoms with Gasteiger partial charge in [-0.2, -0.15) is 0 Å². The molecule has 0 N–H and O–H groups in total. The van der Waals surface area contributed by atoms with Gasteiger partial charge in [0.15, 0.2) is 0 Å². The normalized spacial score (nSPS) is 21.7. The Balaban J connectivity index is 1.80. The van der Waals surface area contributed by atoms with E-state index < -0.39 is 4.92 Å². The predicted octanol–water partition coefficient (Wildman–Crippen LogP) is 4.00. The topological polar surface area (TPSA) is 66.7 Å². The van der Waals surface area contributed by atoms with Gasteiger partial charge in [0.25, 0.3) is 11.6 Å². The van der Waals surface area contributed by atoms with Gasteiger partial charge in [-0.25, -0.2) is 0 Å². The van der Waals surface area contributed by atoms with Gasteiger partial charge in [0, 0.05) is 36.3 Å². The summed E-state index contributed by atoms with van der Waals surface area (Å²) in [5.41, 5.74) is 3.26. The molecule has 2 unspecified atom stereocenters. The quantitative estimate of drug-likeness (QED) is 0.578. The van der Waals surface area contributed by atoms with Crippen LogP contribution in [0.1, 0.15) is 33.8 Å². The highest BCUT2D eigenvalue weighted by Crippen LogP contribution is 2.46. The number of anilines is 1. The van der Waals surface area contributed by atoms with E-state index in [4.69, 9.17) is 11.6 Å². The molecule has 1 saturated heterocycles. The molecule has 0 aliphatic carbocycles. The van der Waals surface area contributed by atoms with Gasteiger partial charge in [0.1, 0.15) is 0 Å². The van der Waals surface area contributed by atoms with Crippen LogP contribution in [0.5, 0.6) is 0 Å². The van der Waals surface area contributed by atoms with E-state index in [1.165, 1.54) is 23.8 Å². The number of benzene rings is 2. The average Bonchev–Trinajstić information content (AvgIpc) is 2.94. The van der Waals surface area contributed by atoms with Crippen molar-refractivity contribution in [3.8, 4) is 0 Å². The molecule has 4 rings (SSSR count). The summed E-state index contributed by atoms with van der Waals surface area (Å²) in [6, 6.07) is 10.2. The molecule has 2 heterocycles. The Bertz CT molecular complexity index is 946. The lowest BCUT2D eigenvalue weighted by molar-refractivity contribution is -0.384. The van der Waals surface area contributed by atoms with E-state index in [2.05, 4.69) is 18.0 Å². The van der Waals surface area contributed by atoms with Crippen molar-refractivity contribution in [3.05, 3.63) is 68.2 Å². The van der Waals surface area contributed by atoms with Gasteiger partial charge in [-0.15, -0.1) is 0 Å². The second kappa shape index (κ2) is 6.62. The number of aryl methyl sites for hydroxylation is 1. The fraction of sp³-hybridized carbons (Fsp3) is 0.350. The zero-order valence-corrected chi connectivity index (χ0v) is 15.9. The second-order valence-corrected chi connectivity index (χ2v) is 7.79. The standard InChI is InChI=1S/C20H20ClN3O3/c1-12-3-6-18-14(9-12)16-11-22(2)8-7-19(16)23(18)20(25)15-10-13(24(26)27)4-5-17(15)21/h3-6,9-10,16,19H,7-8,11H2,1-2H3. The molecule has 2 aliphatic rings. The van der Waals surface area contributed by atoms with Crippen LogP contribution in [0, 0.1) is 17.0 Å². The summed E-state index contributed by atoms with van der Waals surface area (Å²) in [5.74, 6) is -0.0362. The minimum absolute atomic E-state index is 0.0424. The van der Waals surface area contributed by atoms with E-state index in [0.29, 0.717) is 0 Å². The van der Waals surface area contributed by atoms with Crippen LogP contribution in [0.25, 0.3) is 0 Å². The number of piperidine rings is 1. The summed E-state index contributed by atoms with van der Waals surface area (Å²) in [5, 5.41) is 11.4. The van der Waals surface area contributed by atoms with Gasteiger partial charge in [-0.3, -0.25) is 14.9 Å². The monoisotopic (exact) mass is 385 g/mol. The molecule has 0 radical (unpaired) electrons. The number of hydrogen-bond acceptors (Lipinski definition) is 4. The number of halogens is 1. The lowest BCUT2D eigenvalue weighted by Gasteiger charge is -2.36. The number of likely N-dealkylation sites (tertiary alicyclic amines) is 1. The average molecular weight is 386 g/mol. The SMILES string of the molecule is Cc1ccc2c(c1)C1CN(C)CCC1N2C(=O)c1cc([N+](=O)[O-])ccc1Cl. The number of carbonyl (C=O) groups excluding carboxylic acids is 1. The highest BCUT2D eigenvalue weighted by atomic mass is 35.5. The number of fused-ring (bicyclic) bond motifs is 3. The molecule has 0 aromatic heterocycles. The van der Waals surface area contributed by atoms with Crippen molar-refractivity contribution in [2.45, 2.75) is 25.3 Å². The summed E-state index contributed by atoms with van der Waals surface area (Å²) >= 11 is 6.25. The molecule has 2 aromatic carbocycles. The molecule has 2 aliphatic heterocycles. The molecule has 7 heteroatoms. The predicted molar refractivity (Wildman–Crippen MR) is 105 cm³/mol. The fourth-order valence-corrected chi connectivity index (χ4v) is 4.47. The molecule has 1 fully saturated rings. The lowest BCUT2D eigenvalue weighted by atomic mass is 9.88. The summed E-state index contributed by atoms with van der Waals surface area (Å²) in [4.78, 5) is 28.1. The van der Waals surface area contributed by atoms with Crippen LogP contribution >= 0.6 is 11.6 Å². The van der Waals surface area contributed by atoms with Crippen LogP contribution in [0.15, 0.2) is 36.4 Å². The number of nitrogens with zero attached hydrogens (tertiary/aromatic N) is 3. The minimum atomic E-state index is -0.507. The van der Waals surface area contributed by atoms with E-state index in [1.54, 1.807) is 4.90 Å². The first kappa shape index (κ1) is 17.9. The van der Waals surface area contributed by atoms with Gasteiger partial charge in [0.05, 0.1) is 15.5 Å². The molecule has 0 bridgehead atoms. The Hall–Kier alpha value is -2.44. The second-order valence-electron chi connectivity index (χ2n) is 7.38. The lowest BCUT2D eigenvalue weighted by Crippen LogP contribution is -2.47. The molecule has 2 aromatic rings. The van der Waals surface area contributed by atoms with Crippen LogP contribution in [-0.2, 0) is 0 Å². The molecule has 0 spiro atoms. The number of nitro groups is 1. The van der Waals surface area contributed by atoms with Crippen LogP contribution in [-0.4, -0.2) is 41.9 Å². The Kier molecular flexibility index (Phi) is 4.40. The summed E-state index contributed by atoms with van der Waals surface area (Å²) in [6.45, 7) is 3.83. The Morgan fingerprint density at radius 1 is 1.26 bits per heavy atom. The van der Waals surface area contributed by atoms with Crippen molar-refractivity contribution < 1.29 is 9.72 Å². The Morgan fingerprint density at radius 3 is 2.78 bits per heavy atom. The zero-order chi connectivity index (χ0) is 19.3. The van der Waals surface area contributed by atoms with E-state index >= 15 is 0 Å².